The first-order valence-corrected chi connectivity index (χ1v) is 8.00. The van der Waals surface area contributed by atoms with Gasteiger partial charge < -0.3 is 5.11 Å². The Labute approximate surface area is 124 Å². The fraction of sp³-hybridized carbons (Fsp3) is 0.167. The van der Waals surface area contributed by atoms with Crippen LogP contribution in [-0.2, 0) is 10.0 Å². The van der Waals surface area contributed by atoms with E-state index in [-0.39, 0.29) is 10.7 Å². The molecule has 112 valence electrons. The van der Waals surface area contributed by atoms with E-state index in [1.807, 2.05) is 0 Å². The van der Waals surface area contributed by atoms with Gasteiger partial charge in [0.2, 0.25) is 0 Å². The third-order valence-electron chi connectivity index (χ3n) is 2.72. The second-order valence-corrected chi connectivity index (χ2v) is 7.07. The summed E-state index contributed by atoms with van der Waals surface area (Å²) in [7, 11) is -4.24. The van der Waals surface area contributed by atoms with E-state index in [2.05, 4.69) is 9.71 Å². The SMILES string of the molecule is Cc1nc(NS(=O)(=O)c2cc(C(=O)O)ccc2F)sc1C. The third kappa shape index (κ3) is 3.19. The van der Waals surface area contributed by atoms with Crippen LogP contribution in [0.4, 0.5) is 9.52 Å². The fourth-order valence-electron chi connectivity index (χ4n) is 1.53. The second-order valence-electron chi connectivity index (χ2n) is 4.22. The maximum atomic E-state index is 13.7. The van der Waals surface area contributed by atoms with E-state index in [9.17, 15) is 17.6 Å². The lowest BCUT2D eigenvalue weighted by molar-refractivity contribution is 0.0696. The van der Waals surface area contributed by atoms with Crippen LogP contribution in [0.25, 0.3) is 0 Å². The molecular weight excluding hydrogens is 319 g/mol. The van der Waals surface area contributed by atoms with Crippen LogP contribution in [0.15, 0.2) is 23.1 Å². The Morgan fingerprint density at radius 1 is 1.38 bits per heavy atom. The van der Waals surface area contributed by atoms with Gasteiger partial charge >= 0.3 is 5.97 Å². The number of rotatable bonds is 4. The Balaban J connectivity index is 2.44. The van der Waals surface area contributed by atoms with Crippen molar-refractivity contribution < 1.29 is 22.7 Å². The average molecular weight is 330 g/mol. The molecule has 0 fully saturated rings. The summed E-state index contributed by atoms with van der Waals surface area (Å²) in [6.07, 6.45) is 0. The lowest BCUT2D eigenvalue weighted by atomic mass is 10.2. The summed E-state index contributed by atoms with van der Waals surface area (Å²) in [5.74, 6) is -2.37. The average Bonchev–Trinajstić information content (AvgIpc) is 2.67. The Kier molecular flexibility index (Phi) is 3.97. The van der Waals surface area contributed by atoms with Crippen molar-refractivity contribution in [3.05, 3.63) is 40.2 Å². The summed E-state index contributed by atoms with van der Waals surface area (Å²) >= 11 is 1.11. The fourth-order valence-corrected chi connectivity index (χ4v) is 3.68. The number of anilines is 1. The van der Waals surface area contributed by atoms with E-state index < -0.39 is 26.7 Å². The predicted molar refractivity (Wildman–Crippen MR) is 75.8 cm³/mol. The van der Waals surface area contributed by atoms with Crippen LogP contribution < -0.4 is 4.72 Å². The lowest BCUT2D eigenvalue weighted by Crippen LogP contribution is -2.15. The molecule has 6 nitrogen and oxygen atoms in total. The normalized spacial score (nSPS) is 11.4. The number of hydrogen-bond acceptors (Lipinski definition) is 5. The van der Waals surface area contributed by atoms with E-state index in [0.717, 1.165) is 34.4 Å². The Morgan fingerprint density at radius 3 is 2.57 bits per heavy atom. The molecule has 2 rings (SSSR count). The number of carbonyl (C=O) groups is 1. The number of carboxylic acids is 1. The summed E-state index contributed by atoms with van der Waals surface area (Å²) in [5, 5.41) is 8.95. The van der Waals surface area contributed by atoms with Crippen LogP contribution in [0.3, 0.4) is 0 Å². The largest absolute Gasteiger partial charge is 0.478 e. The van der Waals surface area contributed by atoms with Crippen molar-refractivity contribution >= 4 is 32.5 Å². The molecule has 2 aromatic rings. The zero-order chi connectivity index (χ0) is 15.8. The summed E-state index contributed by atoms with van der Waals surface area (Å²) in [4.78, 5) is 14.9. The molecule has 0 atom stereocenters. The van der Waals surface area contributed by atoms with Crippen molar-refractivity contribution in [1.82, 2.24) is 4.98 Å². The standard InChI is InChI=1S/C12H11FN2O4S2/c1-6-7(2)20-12(14-6)15-21(18,19)10-5-8(11(16)17)3-4-9(10)13/h3-5H,1-2H3,(H,14,15)(H,16,17). The number of thiazole rings is 1. The molecule has 0 aliphatic carbocycles. The molecule has 0 radical (unpaired) electrons. The number of carboxylic acid groups (broad SMARTS) is 1. The first-order chi connectivity index (χ1) is 9.70. The van der Waals surface area contributed by atoms with Crippen molar-refractivity contribution in [2.75, 3.05) is 4.72 Å². The monoisotopic (exact) mass is 330 g/mol. The van der Waals surface area contributed by atoms with Crippen LogP contribution in [0.2, 0.25) is 0 Å². The topological polar surface area (TPSA) is 96.4 Å². The van der Waals surface area contributed by atoms with Crippen LogP contribution >= 0.6 is 11.3 Å². The van der Waals surface area contributed by atoms with Gasteiger partial charge in [0.25, 0.3) is 10.0 Å². The highest BCUT2D eigenvalue weighted by Crippen LogP contribution is 2.25. The smallest absolute Gasteiger partial charge is 0.335 e. The number of benzene rings is 1. The molecule has 0 amide bonds. The van der Waals surface area contributed by atoms with Gasteiger partial charge in [-0.2, -0.15) is 0 Å². The maximum absolute atomic E-state index is 13.7. The van der Waals surface area contributed by atoms with Crippen LogP contribution in [-0.4, -0.2) is 24.5 Å². The number of hydrogen-bond donors (Lipinski definition) is 2. The minimum atomic E-state index is -4.24. The van der Waals surface area contributed by atoms with Crippen LogP contribution in [0.1, 0.15) is 20.9 Å². The van der Waals surface area contributed by atoms with E-state index >= 15 is 0 Å². The zero-order valence-electron chi connectivity index (χ0n) is 11.0. The number of nitrogens with zero attached hydrogens (tertiary/aromatic N) is 1. The molecule has 0 saturated heterocycles. The zero-order valence-corrected chi connectivity index (χ0v) is 12.7. The Morgan fingerprint density at radius 2 is 2.05 bits per heavy atom. The number of aromatic carboxylic acids is 1. The van der Waals surface area contributed by atoms with Gasteiger partial charge in [0.15, 0.2) is 5.13 Å². The summed E-state index contributed by atoms with van der Waals surface area (Å²) in [6.45, 7) is 3.49. The minimum Gasteiger partial charge on any atom is -0.478 e. The molecule has 0 aliphatic heterocycles. The first-order valence-electron chi connectivity index (χ1n) is 5.70. The Bertz CT molecular complexity index is 795. The lowest BCUT2D eigenvalue weighted by Gasteiger charge is -2.07. The molecule has 9 heteroatoms. The molecule has 0 saturated carbocycles. The van der Waals surface area contributed by atoms with Gasteiger partial charge in [0, 0.05) is 4.88 Å². The van der Waals surface area contributed by atoms with Crippen LogP contribution in [0.5, 0.6) is 0 Å². The van der Waals surface area contributed by atoms with Crippen molar-refractivity contribution in [1.29, 1.82) is 0 Å². The number of halogens is 1. The Hall–Kier alpha value is -2.00. The van der Waals surface area contributed by atoms with Gasteiger partial charge in [-0.15, -0.1) is 11.3 Å². The van der Waals surface area contributed by atoms with Gasteiger partial charge in [-0.05, 0) is 32.0 Å². The highest BCUT2D eigenvalue weighted by Gasteiger charge is 2.22. The number of sulfonamides is 1. The molecule has 0 unspecified atom stereocenters. The van der Waals surface area contributed by atoms with Gasteiger partial charge in [-0.1, -0.05) is 0 Å². The van der Waals surface area contributed by atoms with E-state index in [1.54, 1.807) is 13.8 Å². The first kappa shape index (κ1) is 15.4. The highest BCUT2D eigenvalue weighted by molar-refractivity contribution is 7.93. The highest BCUT2D eigenvalue weighted by atomic mass is 32.2. The third-order valence-corrected chi connectivity index (χ3v) is 5.19. The summed E-state index contributed by atoms with van der Waals surface area (Å²) in [6, 6.07) is 2.57. The van der Waals surface area contributed by atoms with E-state index in [4.69, 9.17) is 5.11 Å². The van der Waals surface area contributed by atoms with E-state index in [0.29, 0.717) is 5.69 Å². The number of aromatic nitrogens is 1. The van der Waals surface area contributed by atoms with Crippen molar-refractivity contribution in [3.8, 4) is 0 Å². The van der Waals surface area contributed by atoms with Crippen molar-refractivity contribution in [3.63, 3.8) is 0 Å². The number of aryl methyl sites for hydroxylation is 2. The second kappa shape index (κ2) is 5.41. The summed E-state index contributed by atoms with van der Waals surface area (Å²) < 4.78 is 40.1. The maximum Gasteiger partial charge on any atom is 0.335 e. The molecule has 0 spiro atoms. The van der Waals surface area contributed by atoms with Gasteiger partial charge in [0.05, 0.1) is 11.3 Å². The van der Waals surface area contributed by atoms with Gasteiger partial charge in [-0.25, -0.2) is 22.6 Å². The molecule has 0 bridgehead atoms. The van der Waals surface area contributed by atoms with Crippen molar-refractivity contribution in [2.45, 2.75) is 18.7 Å². The number of nitrogens with one attached hydrogen (secondary N) is 1. The van der Waals surface area contributed by atoms with Crippen molar-refractivity contribution in [2.24, 2.45) is 0 Å². The quantitative estimate of drug-likeness (QED) is 0.897. The molecule has 0 aliphatic rings. The molecule has 2 N–H and O–H groups in total. The molecule has 1 heterocycles. The minimum absolute atomic E-state index is 0.102. The van der Waals surface area contributed by atoms with E-state index in [1.165, 1.54) is 0 Å². The van der Waals surface area contributed by atoms with Gasteiger partial charge in [-0.3, -0.25) is 4.72 Å². The molecule has 1 aromatic heterocycles. The van der Waals surface area contributed by atoms with Crippen LogP contribution in [0, 0.1) is 19.7 Å². The molecular formula is C12H11FN2O4S2. The van der Waals surface area contributed by atoms with Gasteiger partial charge in [0.1, 0.15) is 10.7 Å². The molecule has 1 aromatic carbocycles. The molecule has 21 heavy (non-hydrogen) atoms. The predicted octanol–water partition coefficient (Wildman–Crippen LogP) is 2.40. The summed E-state index contributed by atoms with van der Waals surface area (Å²) in [5.41, 5.74) is 0.348.